The maximum atomic E-state index is 12.6. The summed E-state index contributed by atoms with van der Waals surface area (Å²) < 4.78 is 61.4. The van der Waals surface area contributed by atoms with Crippen LogP contribution in [0.4, 0.5) is 13.2 Å². The highest BCUT2D eigenvalue weighted by molar-refractivity contribution is 7.90. The van der Waals surface area contributed by atoms with E-state index in [1.165, 1.54) is 38.5 Å². The van der Waals surface area contributed by atoms with E-state index in [2.05, 4.69) is 15.6 Å². The fraction of sp³-hybridized carbons (Fsp3) is 0.944. The van der Waals surface area contributed by atoms with Crippen LogP contribution >= 0.6 is 0 Å². The van der Waals surface area contributed by atoms with Gasteiger partial charge in [0.1, 0.15) is 0 Å². The Kier molecular flexibility index (Phi) is 6.79. The summed E-state index contributed by atoms with van der Waals surface area (Å²) in [7, 11) is -3.49. The number of guanidine groups is 1. The maximum absolute atomic E-state index is 12.6. The molecule has 0 amide bonds. The molecule has 3 rings (SSSR count). The topological polar surface area (TPSA) is 73.8 Å². The van der Waals surface area contributed by atoms with Gasteiger partial charge in [0.15, 0.2) is 5.96 Å². The molecule has 3 aliphatic rings. The average molecular weight is 425 g/mol. The van der Waals surface area contributed by atoms with Crippen LogP contribution in [-0.2, 0) is 10.0 Å². The van der Waals surface area contributed by atoms with Gasteiger partial charge in [-0.15, -0.1) is 0 Å². The van der Waals surface area contributed by atoms with Gasteiger partial charge in [-0.2, -0.15) is 17.5 Å². The van der Waals surface area contributed by atoms with Crippen LogP contribution in [0.3, 0.4) is 0 Å². The standard InChI is InChI=1S/C18H31F3N4O2S/c1-22-17(24-16-11-15(16)14-5-3-2-4-6-14)23-12-13-7-9-25(10-8-13)28(26,27)18(19,20)21/h13-16H,2-12H2,1H3,(H2,22,23,24). The molecule has 6 nitrogen and oxygen atoms in total. The van der Waals surface area contributed by atoms with Gasteiger partial charge in [-0.1, -0.05) is 32.1 Å². The molecule has 162 valence electrons. The first kappa shape index (κ1) is 21.7. The molecule has 3 fully saturated rings. The number of nitrogens with zero attached hydrogens (tertiary/aromatic N) is 2. The Labute approximate surface area is 165 Å². The Balaban J connectivity index is 1.39. The summed E-state index contributed by atoms with van der Waals surface area (Å²) in [5, 5.41) is 6.73. The number of aliphatic imine (C=N–C) groups is 1. The predicted molar refractivity (Wildman–Crippen MR) is 102 cm³/mol. The van der Waals surface area contributed by atoms with Gasteiger partial charge >= 0.3 is 15.5 Å². The Hall–Kier alpha value is -1.03. The molecule has 0 aromatic carbocycles. The molecule has 2 unspecified atom stereocenters. The second kappa shape index (κ2) is 8.77. The van der Waals surface area contributed by atoms with Crippen LogP contribution in [0.5, 0.6) is 0 Å². The second-order valence-corrected chi connectivity index (χ2v) is 10.2. The van der Waals surface area contributed by atoms with Gasteiger partial charge in [0.25, 0.3) is 0 Å². The smallest absolute Gasteiger partial charge is 0.356 e. The minimum absolute atomic E-state index is 0.0907. The number of hydrogen-bond acceptors (Lipinski definition) is 3. The Morgan fingerprint density at radius 2 is 1.75 bits per heavy atom. The van der Waals surface area contributed by atoms with Gasteiger partial charge in [0.05, 0.1) is 0 Å². The largest absolute Gasteiger partial charge is 0.511 e. The summed E-state index contributed by atoms with van der Waals surface area (Å²) in [6.07, 6.45) is 8.68. The third-order valence-electron chi connectivity index (χ3n) is 6.40. The molecule has 0 aromatic rings. The fourth-order valence-corrected chi connectivity index (χ4v) is 5.56. The average Bonchev–Trinajstić information content (AvgIpc) is 3.44. The molecule has 2 aliphatic carbocycles. The Bertz CT molecular complexity index is 654. The second-order valence-electron chi connectivity index (χ2n) is 8.29. The first-order chi connectivity index (χ1) is 13.2. The zero-order chi connectivity index (χ0) is 20.4. The Morgan fingerprint density at radius 1 is 1.11 bits per heavy atom. The minimum Gasteiger partial charge on any atom is -0.356 e. The molecule has 0 radical (unpaired) electrons. The molecule has 1 saturated heterocycles. The quantitative estimate of drug-likeness (QED) is 0.526. The van der Waals surface area contributed by atoms with Gasteiger partial charge in [-0.25, -0.2) is 8.42 Å². The van der Waals surface area contributed by atoms with Gasteiger partial charge in [0.2, 0.25) is 0 Å². The molecule has 2 atom stereocenters. The fourth-order valence-electron chi connectivity index (χ4n) is 4.58. The lowest BCUT2D eigenvalue weighted by atomic mass is 9.85. The van der Waals surface area contributed by atoms with E-state index in [0.29, 0.717) is 29.7 Å². The van der Waals surface area contributed by atoms with Gasteiger partial charge < -0.3 is 10.6 Å². The maximum Gasteiger partial charge on any atom is 0.511 e. The lowest BCUT2D eigenvalue weighted by Crippen LogP contribution is -2.47. The molecule has 1 aliphatic heterocycles. The van der Waals surface area contributed by atoms with E-state index in [0.717, 1.165) is 17.8 Å². The first-order valence-electron chi connectivity index (χ1n) is 10.3. The molecular weight excluding hydrogens is 393 g/mol. The zero-order valence-electron chi connectivity index (χ0n) is 16.3. The number of rotatable bonds is 5. The monoisotopic (exact) mass is 424 g/mol. The number of piperidine rings is 1. The zero-order valence-corrected chi connectivity index (χ0v) is 17.2. The van der Waals surface area contributed by atoms with E-state index < -0.39 is 15.5 Å². The number of nitrogens with one attached hydrogen (secondary N) is 2. The van der Waals surface area contributed by atoms with Gasteiger partial charge in [-0.05, 0) is 37.0 Å². The van der Waals surface area contributed by atoms with Gasteiger partial charge in [-0.3, -0.25) is 4.99 Å². The van der Waals surface area contributed by atoms with E-state index in [1.807, 2.05) is 0 Å². The van der Waals surface area contributed by atoms with E-state index >= 15 is 0 Å². The lowest BCUT2D eigenvalue weighted by molar-refractivity contribution is -0.0496. The minimum atomic E-state index is -5.22. The van der Waals surface area contributed by atoms with Crippen LogP contribution in [0.25, 0.3) is 0 Å². The summed E-state index contributed by atoms with van der Waals surface area (Å²) in [4.78, 5) is 4.26. The van der Waals surface area contributed by atoms with Crippen molar-refractivity contribution in [1.82, 2.24) is 14.9 Å². The van der Waals surface area contributed by atoms with Crippen LogP contribution in [-0.4, -0.2) is 56.9 Å². The van der Waals surface area contributed by atoms with Crippen molar-refractivity contribution in [2.45, 2.75) is 62.9 Å². The summed E-state index contributed by atoms with van der Waals surface area (Å²) in [6.45, 7) is 0.402. The highest BCUT2D eigenvalue weighted by Crippen LogP contribution is 2.44. The molecule has 10 heteroatoms. The van der Waals surface area contributed by atoms with E-state index in [9.17, 15) is 21.6 Å². The highest BCUT2D eigenvalue weighted by atomic mass is 32.2. The van der Waals surface area contributed by atoms with Crippen LogP contribution in [0.1, 0.15) is 51.4 Å². The number of alkyl halides is 3. The predicted octanol–water partition coefficient (Wildman–Crippen LogP) is 2.68. The normalized spacial score (nSPS) is 28.9. The number of sulfonamides is 1. The molecule has 0 spiro atoms. The summed E-state index contributed by atoms with van der Waals surface area (Å²) in [5.41, 5.74) is -5.22. The van der Waals surface area contributed by atoms with Crippen molar-refractivity contribution < 1.29 is 21.6 Å². The summed E-state index contributed by atoms with van der Waals surface area (Å²) in [6, 6.07) is 0.466. The molecular formula is C18H31F3N4O2S. The summed E-state index contributed by atoms with van der Waals surface area (Å²) >= 11 is 0. The van der Waals surface area contributed by atoms with Crippen molar-refractivity contribution in [2.75, 3.05) is 26.7 Å². The van der Waals surface area contributed by atoms with Crippen LogP contribution in [0.2, 0.25) is 0 Å². The first-order valence-corrected chi connectivity index (χ1v) is 11.7. The molecule has 28 heavy (non-hydrogen) atoms. The van der Waals surface area contributed by atoms with E-state index in [-0.39, 0.29) is 19.0 Å². The number of hydrogen-bond donors (Lipinski definition) is 2. The Morgan fingerprint density at radius 3 is 2.32 bits per heavy atom. The third kappa shape index (κ3) is 5.11. The van der Waals surface area contributed by atoms with Crippen molar-refractivity contribution >= 4 is 16.0 Å². The highest BCUT2D eigenvalue weighted by Gasteiger charge is 2.50. The van der Waals surface area contributed by atoms with E-state index in [1.54, 1.807) is 7.05 Å². The molecule has 2 N–H and O–H groups in total. The summed E-state index contributed by atoms with van der Waals surface area (Å²) in [5.74, 6) is 2.42. The number of halogens is 3. The SMILES string of the molecule is CN=C(NCC1CCN(S(=O)(=O)C(F)(F)F)CC1)NC1CC1C1CCCCC1. The molecule has 1 heterocycles. The molecule has 0 aromatic heterocycles. The van der Waals surface area contributed by atoms with Crippen LogP contribution in [0, 0.1) is 17.8 Å². The molecule has 2 saturated carbocycles. The third-order valence-corrected chi connectivity index (χ3v) is 8.03. The van der Waals surface area contributed by atoms with Crippen LogP contribution in [0.15, 0.2) is 4.99 Å². The van der Waals surface area contributed by atoms with Crippen molar-refractivity contribution in [3.63, 3.8) is 0 Å². The van der Waals surface area contributed by atoms with Crippen molar-refractivity contribution in [1.29, 1.82) is 0 Å². The van der Waals surface area contributed by atoms with Crippen molar-refractivity contribution in [2.24, 2.45) is 22.7 Å². The van der Waals surface area contributed by atoms with Crippen molar-refractivity contribution in [3.8, 4) is 0 Å². The van der Waals surface area contributed by atoms with Crippen molar-refractivity contribution in [3.05, 3.63) is 0 Å². The lowest BCUT2D eigenvalue weighted by Gasteiger charge is -2.31. The van der Waals surface area contributed by atoms with Crippen LogP contribution < -0.4 is 10.6 Å². The van der Waals surface area contributed by atoms with E-state index in [4.69, 9.17) is 0 Å². The van der Waals surface area contributed by atoms with Gasteiger partial charge in [0, 0.05) is 32.7 Å². The molecule has 0 bridgehead atoms.